The van der Waals surface area contributed by atoms with E-state index >= 15 is 0 Å². The van der Waals surface area contributed by atoms with Crippen molar-refractivity contribution in [3.63, 3.8) is 0 Å². The van der Waals surface area contributed by atoms with Gasteiger partial charge in [0.1, 0.15) is 5.52 Å². The number of nitrogens with one attached hydrogen (secondary N) is 2. The van der Waals surface area contributed by atoms with Crippen molar-refractivity contribution in [2.24, 2.45) is 0 Å². The number of hydrogen-bond donors (Lipinski definition) is 3. The van der Waals surface area contributed by atoms with Crippen LogP contribution in [-0.4, -0.2) is 75.1 Å². The minimum atomic E-state index is -0.170. The fraction of sp³-hybridized carbons (Fsp3) is 0.750. The summed E-state index contributed by atoms with van der Waals surface area (Å²) in [5.41, 5.74) is 7.00. The van der Waals surface area contributed by atoms with Crippen LogP contribution in [0.5, 0.6) is 0 Å². The number of aryl methyl sites for hydroxylation is 1. The van der Waals surface area contributed by atoms with Crippen LogP contribution in [0.25, 0.3) is 11.2 Å². The van der Waals surface area contributed by atoms with Crippen LogP contribution in [0.2, 0.25) is 0 Å². The number of anilines is 2. The minimum absolute atomic E-state index is 0.170. The van der Waals surface area contributed by atoms with Gasteiger partial charge in [0.2, 0.25) is 5.95 Å². The molecule has 3 heterocycles. The monoisotopic (exact) mass is 404 g/mol. The van der Waals surface area contributed by atoms with E-state index in [1.165, 1.54) is 19.4 Å². The molecule has 29 heavy (non-hydrogen) atoms. The topological polar surface area (TPSA) is 108 Å². The van der Waals surface area contributed by atoms with Crippen molar-refractivity contribution in [3.8, 4) is 0 Å². The number of rotatable bonds is 11. The number of hydrogen-bond acceptors (Lipinski definition) is 7. The van der Waals surface area contributed by atoms with Crippen molar-refractivity contribution >= 4 is 22.9 Å². The number of nitrogen functional groups attached to an aromatic ring is 1. The van der Waals surface area contributed by atoms with Crippen molar-refractivity contribution in [2.45, 2.75) is 52.5 Å². The summed E-state index contributed by atoms with van der Waals surface area (Å²) >= 11 is 0. The van der Waals surface area contributed by atoms with E-state index in [0.29, 0.717) is 29.5 Å². The number of aromatic amines is 1. The fourth-order valence-electron chi connectivity index (χ4n) is 3.79. The number of fused-ring (bicyclic) bond motifs is 1. The van der Waals surface area contributed by atoms with Crippen molar-refractivity contribution < 1.29 is 0 Å². The van der Waals surface area contributed by atoms with Gasteiger partial charge in [-0.1, -0.05) is 26.7 Å². The molecule has 0 amide bonds. The molecule has 0 radical (unpaired) electrons. The molecular weight excluding hydrogens is 368 g/mol. The highest BCUT2D eigenvalue weighted by Gasteiger charge is 2.17. The summed E-state index contributed by atoms with van der Waals surface area (Å²) in [6.07, 6.45) is 5.57. The van der Waals surface area contributed by atoms with Gasteiger partial charge in [-0.15, -0.1) is 0 Å². The summed E-state index contributed by atoms with van der Waals surface area (Å²) in [7, 11) is 0. The molecule has 0 unspecified atom stereocenters. The standard InChI is InChI=1S/C20H36N8O/c1-3-5-8-22-19-24-17(21)16-18(25-19)28(20(29)23-16)11-7-10-27-14-12-26(13-15-27)9-6-4-2/h3-15H2,1-2H3,(H,23,29)(H3,21,22,24,25). The number of H-pyrrole nitrogens is 1. The smallest absolute Gasteiger partial charge is 0.327 e. The Bertz CT molecular complexity index is 822. The fourth-order valence-corrected chi connectivity index (χ4v) is 3.79. The van der Waals surface area contributed by atoms with Gasteiger partial charge in [-0.25, -0.2) is 4.79 Å². The van der Waals surface area contributed by atoms with Gasteiger partial charge in [-0.2, -0.15) is 9.97 Å². The summed E-state index contributed by atoms with van der Waals surface area (Å²) in [6, 6.07) is 0. The molecule has 1 aliphatic heterocycles. The number of nitrogens with zero attached hydrogens (tertiary/aromatic N) is 5. The summed E-state index contributed by atoms with van der Waals surface area (Å²) in [6.45, 7) is 12.5. The lowest BCUT2D eigenvalue weighted by Crippen LogP contribution is -2.46. The Kier molecular flexibility index (Phi) is 7.88. The second-order valence-corrected chi connectivity index (χ2v) is 7.88. The van der Waals surface area contributed by atoms with E-state index < -0.39 is 0 Å². The van der Waals surface area contributed by atoms with E-state index in [9.17, 15) is 4.79 Å². The molecule has 1 saturated heterocycles. The highest BCUT2D eigenvalue weighted by Crippen LogP contribution is 2.17. The van der Waals surface area contributed by atoms with Crippen LogP contribution in [0.3, 0.4) is 0 Å². The van der Waals surface area contributed by atoms with Crippen LogP contribution in [-0.2, 0) is 6.54 Å². The second kappa shape index (κ2) is 10.6. The van der Waals surface area contributed by atoms with Crippen LogP contribution < -0.4 is 16.7 Å². The van der Waals surface area contributed by atoms with Crippen molar-refractivity contribution in [3.05, 3.63) is 10.5 Å². The summed E-state index contributed by atoms with van der Waals surface area (Å²) in [4.78, 5) is 29.1. The number of unbranched alkanes of at least 4 members (excludes halogenated alkanes) is 2. The van der Waals surface area contributed by atoms with Crippen molar-refractivity contribution in [1.82, 2.24) is 29.3 Å². The first kappa shape index (κ1) is 21.6. The molecular formula is C20H36N8O. The van der Waals surface area contributed by atoms with Crippen LogP contribution in [0.15, 0.2) is 4.79 Å². The third-order valence-electron chi connectivity index (χ3n) is 5.61. The molecule has 2 aromatic heterocycles. The molecule has 0 spiro atoms. The molecule has 0 aliphatic carbocycles. The highest BCUT2D eigenvalue weighted by molar-refractivity contribution is 5.82. The average Bonchev–Trinajstić information content (AvgIpc) is 3.04. The van der Waals surface area contributed by atoms with Gasteiger partial charge < -0.3 is 25.8 Å². The molecule has 1 aliphatic rings. The van der Waals surface area contributed by atoms with Gasteiger partial charge in [0.05, 0.1) is 0 Å². The van der Waals surface area contributed by atoms with Crippen molar-refractivity contribution in [2.75, 3.05) is 56.9 Å². The zero-order valence-electron chi connectivity index (χ0n) is 17.9. The first-order valence-electron chi connectivity index (χ1n) is 11.1. The quantitative estimate of drug-likeness (QED) is 0.489. The third-order valence-corrected chi connectivity index (χ3v) is 5.61. The number of piperazine rings is 1. The molecule has 0 aromatic carbocycles. The third kappa shape index (κ3) is 5.70. The Hall–Kier alpha value is -2.13. The van der Waals surface area contributed by atoms with Gasteiger partial charge in [-0.3, -0.25) is 4.57 Å². The van der Waals surface area contributed by atoms with Crippen LogP contribution in [0, 0.1) is 0 Å². The Morgan fingerprint density at radius 3 is 2.28 bits per heavy atom. The molecule has 9 heteroatoms. The lowest BCUT2D eigenvalue weighted by Gasteiger charge is -2.34. The SMILES string of the molecule is CCCCNc1nc(N)c2[nH]c(=O)n(CCCN3CCN(CCCC)CC3)c2n1. The molecule has 4 N–H and O–H groups in total. The van der Waals surface area contributed by atoms with Gasteiger partial charge in [0.25, 0.3) is 0 Å². The molecule has 0 bridgehead atoms. The zero-order chi connectivity index (χ0) is 20.6. The summed E-state index contributed by atoms with van der Waals surface area (Å²) < 4.78 is 1.69. The van der Waals surface area contributed by atoms with E-state index in [0.717, 1.165) is 58.5 Å². The molecule has 9 nitrogen and oxygen atoms in total. The molecule has 1 fully saturated rings. The van der Waals surface area contributed by atoms with Gasteiger partial charge in [-0.05, 0) is 32.4 Å². The maximum Gasteiger partial charge on any atom is 0.327 e. The number of nitrogens with two attached hydrogens (primary N) is 1. The largest absolute Gasteiger partial charge is 0.382 e. The zero-order valence-corrected chi connectivity index (χ0v) is 17.9. The lowest BCUT2D eigenvalue weighted by molar-refractivity contribution is 0.129. The van der Waals surface area contributed by atoms with Crippen molar-refractivity contribution in [1.29, 1.82) is 0 Å². The number of imidazole rings is 1. The average molecular weight is 405 g/mol. The Balaban J connectivity index is 1.57. The normalized spacial score (nSPS) is 15.9. The highest BCUT2D eigenvalue weighted by atomic mass is 16.1. The maximum absolute atomic E-state index is 12.4. The molecule has 2 aromatic rings. The van der Waals surface area contributed by atoms with E-state index in [-0.39, 0.29) is 5.69 Å². The number of aromatic nitrogens is 4. The summed E-state index contributed by atoms with van der Waals surface area (Å²) in [5.74, 6) is 0.799. The van der Waals surface area contributed by atoms with E-state index in [1.807, 2.05) is 0 Å². The molecule has 162 valence electrons. The Morgan fingerprint density at radius 2 is 1.62 bits per heavy atom. The van der Waals surface area contributed by atoms with Crippen LogP contribution >= 0.6 is 0 Å². The van der Waals surface area contributed by atoms with Gasteiger partial charge in [0.15, 0.2) is 11.5 Å². The first-order chi connectivity index (χ1) is 14.1. The predicted octanol–water partition coefficient (Wildman–Crippen LogP) is 1.72. The minimum Gasteiger partial charge on any atom is -0.382 e. The lowest BCUT2D eigenvalue weighted by atomic mass is 10.2. The predicted molar refractivity (Wildman–Crippen MR) is 118 cm³/mol. The first-order valence-corrected chi connectivity index (χ1v) is 11.1. The van der Waals surface area contributed by atoms with E-state index in [2.05, 4.69) is 43.9 Å². The molecule has 0 atom stereocenters. The van der Waals surface area contributed by atoms with Gasteiger partial charge in [0, 0.05) is 39.3 Å². The summed E-state index contributed by atoms with van der Waals surface area (Å²) in [5, 5.41) is 3.20. The molecule has 0 saturated carbocycles. The van der Waals surface area contributed by atoms with Gasteiger partial charge >= 0.3 is 5.69 Å². The van der Waals surface area contributed by atoms with Crippen LogP contribution in [0.4, 0.5) is 11.8 Å². The Morgan fingerprint density at radius 1 is 0.966 bits per heavy atom. The van der Waals surface area contributed by atoms with Crippen LogP contribution in [0.1, 0.15) is 46.0 Å². The van der Waals surface area contributed by atoms with E-state index in [1.54, 1.807) is 4.57 Å². The maximum atomic E-state index is 12.4. The molecule has 3 rings (SSSR count). The van der Waals surface area contributed by atoms with E-state index in [4.69, 9.17) is 5.73 Å². The Labute approximate surface area is 172 Å². The second-order valence-electron chi connectivity index (χ2n) is 7.88.